The van der Waals surface area contributed by atoms with Gasteiger partial charge in [0.25, 0.3) is 0 Å². The van der Waals surface area contributed by atoms with Gasteiger partial charge in [0, 0.05) is 11.3 Å². The molecule has 2 fully saturated rings. The number of nitrogens with zero attached hydrogens (tertiary/aromatic N) is 1. The SMILES string of the molecule is CCCC1C(=O)NC(=O)N(CC2(SC)CCC2)C1=O. The number of thioether (sulfide) groups is 1. The van der Waals surface area contributed by atoms with Gasteiger partial charge in [0.1, 0.15) is 5.92 Å². The van der Waals surface area contributed by atoms with Crippen molar-refractivity contribution in [2.75, 3.05) is 12.8 Å². The second-order valence-electron chi connectivity index (χ2n) is 5.30. The van der Waals surface area contributed by atoms with Crippen LogP contribution >= 0.6 is 11.8 Å². The molecule has 1 saturated carbocycles. The van der Waals surface area contributed by atoms with E-state index in [4.69, 9.17) is 0 Å². The van der Waals surface area contributed by atoms with Crippen LogP contribution in [-0.2, 0) is 9.59 Å². The first-order valence-electron chi connectivity index (χ1n) is 6.74. The molecule has 1 aliphatic carbocycles. The van der Waals surface area contributed by atoms with Crippen molar-refractivity contribution in [2.45, 2.75) is 43.8 Å². The summed E-state index contributed by atoms with van der Waals surface area (Å²) in [5, 5.41) is 2.31. The minimum Gasteiger partial charge on any atom is -0.277 e. The number of nitrogens with one attached hydrogen (secondary N) is 1. The van der Waals surface area contributed by atoms with E-state index in [1.807, 2.05) is 13.2 Å². The lowest BCUT2D eigenvalue weighted by molar-refractivity contribution is -0.143. The molecule has 0 bridgehead atoms. The quantitative estimate of drug-likeness (QED) is 0.781. The van der Waals surface area contributed by atoms with E-state index in [2.05, 4.69) is 5.32 Å². The Morgan fingerprint density at radius 1 is 1.37 bits per heavy atom. The minimum absolute atomic E-state index is 0.00412. The first-order chi connectivity index (χ1) is 9.03. The molecule has 1 saturated heterocycles. The van der Waals surface area contributed by atoms with Crippen LogP contribution < -0.4 is 5.32 Å². The Kier molecular flexibility index (Phi) is 4.18. The molecule has 1 aliphatic heterocycles. The molecule has 1 unspecified atom stereocenters. The van der Waals surface area contributed by atoms with E-state index in [-0.39, 0.29) is 10.7 Å². The fraction of sp³-hybridized carbons (Fsp3) is 0.769. The number of hydrogen-bond donors (Lipinski definition) is 1. The molecule has 1 heterocycles. The highest BCUT2D eigenvalue weighted by Gasteiger charge is 2.45. The molecular weight excluding hydrogens is 264 g/mol. The number of hydrogen-bond acceptors (Lipinski definition) is 4. The smallest absolute Gasteiger partial charge is 0.277 e. The lowest BCUT2D eigenvalue weighted by atomic mass is 9.83. The zero-order chi connectivity index (χ0) is 14.0. The number of rotatable bonds is 5. The van der Waals surface area contributed by atoms with Crippen LogP contribution in [0.5, 0.6) is 0 Å². The summed E-state index contributed by atoms with van der Waals surface area (Å²) in [6.45, 7) is 2.35. The summed E-state index contributed by atoms with van der Waals surface area (Å²) >= 11 is 1.71. The molecule has 0 aromatic carbocycles. The van der Waals surface area contributed by atoms with Crippen LogP contribution in [0, 0.1) is 5.92 Å². The summed E-state index contributed by atoms with van der Waals surface area (Å²) in [7, 11) is 0. The minimum atomic E-state index is -0.693. The maximum Gasteiger partial charge on any atom is 0.330 e. The number of urea groups is 1. The van der Waals surface area contributed by atoms with Gasteiger partial charge in [-0.15, -0.1) is 0 Å². The molecule has 6 heteroatoms. The van der Waals surface area contributed by atoms with Crippen LogP contribution in [0.25, 0.3) is 0 Å². The monoisotopic (exact) mass is 284 g/mol. The number of carbonyl (C=O) groups excluding carboxylic acids is 3. The van der Waals surface area contributed by atoms with Crippen LogP contribution in [0.3, 0.4) is 0 Å². The fourth-order valence-electron chi connectivity index (χ4n) is 2.64. The van der Waals surface area contributed by atoms with Gasteiger partial charge < -0.3 is 0 Å². The summed E-state index contributed by atoms with van der Waals surface area (Å²) in [5.41, 5.74) is 0. The van der Waals surface area contributed by atoms with Crippen molar-refractivity contribution >= 4 is 29.6 Å². The normalized spacial score (nSPS) is 26.1. The summed E-state index contributed by atoms with van der Waals surface area (Å²) in [5.74, 6) is -1.46. The predicted molar refractivity (Wildman–Crippen MR) is 73.7 cm³/mol. The lowest BCUT2D eigenvalue weighted by Crippen LogP contribution is -2.61. The highest BCUT2D eigenvalue weighted by atomic mass is 32.2. The predicted octanol–water partition coefficient (Wildman–Crippen LogP) is 1.77. The number of barbiturate groups is 1. The second-order valence-corrected chi connectivity index (χ2v) is 6.58. The maximum atomic E-state index is 12.3. The number of amides is 4. The topological polar surface area (TPSA) is 66.5 Å². The summed E-state index contributed by atoms with van der Waals surface area (Å²) in [4.78, 5) is 37.1. The molecule has 0 aromatic rings. The number of imide groups is 2. The van der Waals surface area contributed by atoms with Crippen LogP contribution in [0.4, 0.5) is 4.79 Å². The summed E-state index contributed by atoms with van der Waals surface area (Å²) in [6, 6.07) is -0.553. The Morgan fingerprint density at radius 2 is 2.05 bits per heavy atom. The Bertz CT molecular complexity index is 401. The Labute approximate surface area is 117 Å². The molecule has 106 valence electrons. The molecule has 5 nitrogen and oxygen atoms in total. The first kappa shape index (κ1) is 14.4. The van der Waals surface area contributed by atoms with Gasteiger partial charge in [0.05, 0.1) is 0 Å². The van der Waals surface area contributed by atoms with Crippen LogP contribution in [-0.4, -0.2) is 40.3 Å². The van der Waals surface area contributed by atoms with Crippen molar-refractivity contribution in [1.82, 2.24) is 10.2 Å². The summed E-state index contributed by atoms with van der Waals surface area (Å²) in [6.07, 6.45) is 6.46. The van der Waals surface area contributed by atoms with E-state index < -0.39 is 17.9 Å². The second kappa shape index (κ2) is 5.53. The van der Waals surface area contributed by atoms with E-state index >= 15 is 0 Å². The highest BCUT2D eigenvalue weighted by molar-refractivity contribution is 8.00. The van der Waals surface area contributed by atoms with Crippen molar-refractivity contribution in [2.24, 2.45) is 5.92 Å². The van der Waals surface area contributed by atoms with Gasteiger partial charge >= 0.3 is 6.03 Å². The standard InChI is InChI=1S/C13H20N2O3S/c1-3-5-9-10(16)14-12(18)15(11(9)17)8-13(19-2)6-4-7-13/h9H,3-8H2,1-2H3,(H,14,16,18). The average molecular weight is 284 g/mol. The van der Waals surface area contributed by atoms with Gasteiger partial charge in [-0.25, -0.2) is 4.79 Å². The fourth-order valence-corrected chi connectivity index (χ4v) is 3.59. The molecule has 19 heavy (non-hydrogen) atoms. The lowest BCUT2D eigenvalue weighted by Gasteiger charge is -2.44. The Balaban J connectivity index is 2.12. The Hall–Kier alpha value is -1.04. The van der Waals surface area contributed by atoms with E-state index in [0.29, 0.717) is 13.0 Å². The van der Waals surface area contributed by atoms with E-state index in [9.17, 15) is 14.4 Å². The van der Waals surface area contributed by atoms with Gasteiger partial charge in [-0.1, -0.05) is 19.8 Å². The van der Waals surface area contributed by atoms with E-state index in [1.165, 1.54) is 4.90 Å². The zero-order valence-electron chi connectivity index (χ0n) is 11.4. The number of carbonyl (C=O) groups is 3. The molecule has 2 aliphatic rings. The van der Waals surface area contributed by atoms with Crippen LogP contribution in [0.1, 0.15) is 39.0 Å². The van der Waals surface area contributed by atoms with Gasteiger partial charge in [0.2, 0.25) is 11.8 Å². The Morgan fingerprint density at radius 3 is 2.53 bits per heavy atom. The van der Waals surface area contributed by atoms with Gasteiger partial charge in [0.15, 0.2) is 0 Å². The van der Waals surface area contributed by atoms with Crippen molar-refractivity contribution in [3.63, 3.8) is 0 Å². The molecule has 1 atom stereocenters. The largest absolute Gasteiger partial charge is 0.330 e. The van der Waals surface area contributed by atoms with Crippen molar-refractivity contribution in [3.05, 3.63) is 0 Å². The van der Waals surface area contributed by atoms with E-state index in [1.54, 1.807) is 11.8 Å². The third-order valence-electron chi connectivity index (χ3n) is 4.08. The van der Waals surface area contributed by atoms with Gasteiger partial charge in [-0.05, 0) is 25.5 Å². The molecule has 1 N–H and O–H groups in total. The summed E-state index contributed by atoms with van der Waals surface area (Å²) < 4.78 is 0.00412. The van der Waals surface area contributed by atoms with Crippen molar-refractivity contribution in [3.8, 4) is 0 Å². The van der Waals surface area contributed by atoms with E-state index in [0.717, 1.165) is 25.7 Å². The maximum absolute atomic E-state index is 12.3. The first-order valence-corrected chi connectivity index (χ1v) is 7.97. The van der Waals surface area contributed by atoms with Crippen LogP contribution in [0.2, 0.25) is 0 Å². The molecule has 0 aromatic heterocycles. The molecule has 4 amide bonds. The van der Waals surface area contributed by atoms with Crippen molar-refractivity contribution in [1.29, 1.82) is 0 Å². The average Bonchev–Trinajstić information content (AvgIpc) is 2.33. The van der Waals surface area contributed by atoms with Crippen molar-refractivity contribution < 1.29 is 14.4 Å². The highest BCUT2D eigenvalue weighted by Crippen LogP contribution is 2.43. The van der Waals surface area contributed by atoms with Gasteiger partial charge in [-0.3, -0.25) is 19.8 Å². The van der Waals surface area contributed by atoms with Gasteiger partial charge in [-0.2, -0.15) is 11.8 Å². The third kappa shape index (κ3) is 2.63. The zero-order valence-corrected chi connectivity index (χ0v) is 12.2. The molecular formula is C13H20N2O3S. The molecule has 0 radical (unpaired) electrons. The molecule has 0 spiro atoms. The third-order valence-corrected chi connectivity index (χ3v) is 5.48. The van der Waals surface area contributed by atoms with Crippen LogP contribution in [0.15, 0.2) is 0 Å². The molecule has 2 rings (SSSR count).